The zero-order chi connectivity index (χ0) is 19.0. The summed E-state index contributed by atoms with van der Waals surface area (Å²) in [6.45, 7) is 3.43. The Morgan fingerprint density at radius 1 is 1.26 bits per heavy atom. The van der Waals surface area contributed by atoms with E-state index < -0.39 is 12.0 Å². The number of benzene rings is 1. The van der Waals surface area contributed by atoms with Gasteiger partial charge in [-0.25, -0.2) is 4.98 Å². The molecule has 0 saturated carbocycles. The number of nitrogens with one attached hydrogen (secondary N) is 1. The first kappa shape index (κ1) is 16.9. The van der Waals surface area contributed by atoms with Crippen LogP contribution in [0.2, 0.25) is 0 Å². The molecule has 3 aromatic rings. The van der Waals surface area contributed by atoms with Gasteiger partial charge in [0.15, 0.2) is 17.6 Å². The summed E-state index contributed by atoms with van der Waals surface area (Å²) in [5.74, 6) is 1.20. The third kappa shape index (κ3) is 3.17. The molecular weight excluding hydrogens is 350 g/mol. The highest BCUT2D eigenvalue weighted by atomic mass is 16.7. The average molecular weight is 367 g/mol. The quantitative estimate of drug-likeness (QED) is 0.760. The van der Waals surface area contributed by atoms with Gasteiger partial charge in [0.1, 0.15) is 17.1 Å². The van der Waals surface area contributed by atoms with Crippen molar-refractivity contribution >= 4 is 17.2 Å². The minimum Gasteiger partial charge on any atom is -0.481 e. The van der Waals surface area contributed by atoms with Crippen molar-refractivity contribution < 1.29 is 19.0 Å². The lowest BCUT2D eigenvalue weighted by Gasteiger charge is -2.16. The molecule has 4 rings (SSSR count). The van der Waals surface area contributed by atoms with Crippen molar-refractivity contribution in [2.45, 2.75) is 20.0 Å². The molecule has 27 heavy (non-hydrogen) atoms. The third-order valence-corrected chi connectivity index (χ3v) is 4.19. The molecule has 0 fully saturated rings. The van der Waals surface area contributed by atoms with Crippen LogP contribution < -0.4 is 25.1 Å². The maximum absolute atomic E-state index is 12.6. The van der Waals surface area contributed by atoms with E-state index in [-0.39, 0.29) is 18.0 Å². The van der Waals surface area contributed by atoms with E-state index in [1.807, 2.05) is 0 Å². The minimum absolute atomic E-state index is 0.129. The van der Waals surface area contributed by atoms with E-state index >= 15 is 0 Å². The first-order chi connectivity index (χ1) is 13.0. The second kappa shape index (κ2) is 6.64. The van der Waals surface area contributed by atoms with Gasteiger partial charge in [-0.1, -0.05) is 6.07 Å². The first-order valence-electron chi connectivity index (χ1n) is 8.38. The number of ether oxygens (including phenoxy) is 3. The molecule has 0 radical (unpaired) electrons. The summed E-state index contributed by atoms with van der Waals surface area (Å²) in [5.41, 5.74) is 0.740. The van der Waals surface area contributed by atoms with Crippen LogP contribution in [0.4, 0.5) is 5.69 Å². The molecule has 8 nitrogen and oxygen atoms in total. The van der Waals surface area contributed by atoms with Gasteiger partial charge in [-0.05, 0) is 38.1 Å². The van der Waals surface area contributed by atoms with Crippen LogP contribution in [-0.4, -0.2) is 28.2 Å². The van der Waals surface area contributed by atoms with Gasteiger partial charge in [-0.3, -0.25) is 14.0 Å². The van der Waals surface area contributed by atoms with Crippen LogP contribution in [0.3, 0.4) is 0 Å². The number of rotatable bonds is 4. The Kier molecular flexibility index (Phi) is 4.15. The Morgan fingerprint density at radius 2 is 2.07 bits per heavy atom. The van der Waals surface area contributed by atoms with Crippen LogP contribution in [0.5, 0.6) is 17.2 Å². The van der Waals surface area contributed by atoms with E-state index in [1.54, 1.807) is 56.4 Å². The summed E-state index contributed by atoms with van der Waals surface area (Å²) in [7, 11) is 0. The summed E-state index contributed by atoms with van der Waals surface area (Å²) < 4.78 is 17.6. The fraction of sp³-hybridized carbons (Fsp3) is 0.211. The van der Waals surface area contributed by atoms with Gasteiger partial charge in [0.25, 0.3) is 11.5 Å². The lowest BCUT2D eigenvalue weighted by atomic mass is 10.3. The second-order valence-corrected chi connectivity index (χ2v) is 6.07. The normalized spacial score (nSPS) is 13.4. The predicted molar refractivity (Wildman–Crippen MR) is 97.5 cm³/mol. The van der Waals surface area contributed by atoms with Gasteiger partial charge in [-0.15, -0.1) is 0 Å². The molecule has 0 saturated heterocycles. The summed E-state index contributed by atoms with van der Waals surface area (Å²) in [6.07, 6.45) is 0.771. The van der Waals surface area contributed by atoms with Crippen molar-refractivity contribution in [2.75, 3.05) is 12.1 Å². The molecule has 1 aliphatic rings. The predicted octanol–water partition coefficient (Wildman–Crippen LogP) is 2.14. The van der Waals surface area contributed by atoms with Gasteiger partial charge in [0.05, 0.1) is 5.69 Å². The molecule has 0 bridgehead atoms. The number of carbonyl (C=O) groups is 1. The van der Waals surface area contributed by atoms with Crippen molar-refractivity contribution in [1.29, 1.82) is 0 Å². The van der Waals surface area contributed by atoms with Crippen LogP contribution in [0.1, 0.15) is 12.6 Å². The molecular formula is C19H17N3O5. The van der Waals surface area contributed by atoms with Gasteiger partial charge in [0.2, 0.25) is 6.79 Å². The van der Waals surface area contributed by atoms with Gasteiger partial charge < -0.3 is 19.5 Å². The number of hydrogen-bond acceptors (Lipinski definition) is 6. The fourth-order valence-electron chi connectivity index (χ4n) is 2.78. The van der Waals surface area contributed by atoms with Crippen molar-refractivity contribution in [3.8, 4) is 17.2 Å². The summed E-state index contributed by atoms with van der Waals surface area (Å²) in [4.78, 5) is 29.5. The molecule has 0 spiro atoms. The monoisotopic (exact) mass is 367 g/mol. The second-order valence-electron chi connectivity index (χ2n) is 6.07. The van der Waals surface area contributed by atoms with Crippen molar-refractivity contribution in [2.24, 2.45) is 0 Å². The molecule has 8 heteroatoms. The van der Waals surface area contributed by atoms with E-state index in [4.69, 9.17) is 14.2 Å². The number of fused-ring (bicyclic) bond motifs is 2. The number of nitrogens with zero attached hydrogens (tertiary/aromatic N) is 2. The Morgan fingerprint density at radius 3 is 2.93 bits per heavy atom. The van der Waals surface area contributed by atoms with E-state index in [2.05, 4.69) is 10.3 Å². The Labute approximate surface area is 154 Å². The number of anilines is 1. The highest BCUT2D eigenvalue weighted by Crippen LogP contribution is 2.35. The average Bonchev–Trinajstić information content (AvgIpc) is 3.12. The van der Waals surface area contributed by atoms with Gasteiger partial charge in [0, 0.05) is 12.3 Å². The maximum Gasteiger partial charge on any atom is 0.281 e. The fourth-order valence-corrected chi connectivity index (χ4v) is 2.78. The smallest absolute Gasteiger partial charge is 0.281 e. The number of amides is 1. The molecule has 0 aliphatic carbocycles. The van der Waals surface area contributed by atoms with Crippen LogP contribution in [-0.2, 0) is 4.79 Å². The molecule has 1 aliphatic heterocycles. The minimum atomic E-state index is -0.833. The van der Waals surface area contributed by atoms with Gasteiger partial charge >= 0.3 is 0 Å². The molecule has 1 amide bonds. The maximum atomic E-state index is 12.6. The van der Waals surface area contributed by atoms with Crippen LogP contribution in [0.15, 0.2) is 47.4 Å². The largest absolute Gasteiger partial charge is 0.481 e. The highest BCUT2D eigenvalue weighted by molar-refractivity contribution is 5.94. The molecule has 1 atom stereocenters. The van der Waals surface area contributed by atoms with Gasteiger partial charge in [-0.2, -0.15) is 0 Å². The Bertz CT molecular complexity index is 1090. The number of hydrogen-bond donors (Lipinski definition) is 1. The topological polar surface area (TPSA) is 91.2 Å². The number of aromatic nitrogens is 2. The highest BCUT2D eigenvalue weighted by Gasteiger charge is 2.20. The third-order valence-electron chi connectivity index (χ3n) is 4.19. The van der Waals surface area contributed by atoms with E-state index in [0.29, 0.717) is 28.6 Å². The van der Waals surface area contributed by atoms with Crippen molar-refractivity contribution in [3.05, 3.63) is 58.6 Å². The van der Waals surface area contributed by atoms with E-state index in [9.17, 15) is 9.59 Å². The Hall–Kier alpha value is -3.55. The zero-order valence-corrected chi connectivity index (χ0v) is 14.8. The summed E-state index contributed by atoms with van der Waals surface area (Å²) in [5, 5.41) is 2.63. The number of pyridine rings is 1. The molecule has 1 N–H and O–H groups in total. The zero-order valence-electron chi connectivity index (χ0n) is 14.8. The van der Waals surface area contributed by atoms with Crippen molar-refractivity contribution in [3.63, 3.8) is 0 Å². The standard InChI is InChI=1S/C19H17N3O5/c1-11-17(19(24)22-8-4-3-5-16(22)20-11)21-18(23)12(2)27-13-6-7-14-15(9-13)26-10-25-14/h3-9,12H,10H2,1-2H3,(H,21,23)/t12-/m0/s1. The summed E-state index contributed by atoms with van der Waals surface area (Å²) >= 11 is 0. The lowest BCUT2D eigenvalue weighted by molar-refractivity contribution is -0.122. The molecule has 3 heterocycles. The number of aryl methyl sites for hydroxylation is 1. The first-order valence-corrected chi connectivity index (χ1v) is 8.38. The number of carbonyl (C=O) groups excluding carboxylic acids is 1. The molecule has 138 valence electrons. The van der Waals surface area contributed by atoms with Crippen LogP contribution in [0.25, 0.3) is 5.65 Å². The van der Waals surface area contributed by atoms with E-state index in [1.165, 1.54) is 4.40 Å². The molecule has 0 unspecified atom stereocenters. The Balaban J connectivity index is 1.53. The van der Waals surface area contributed by atoms with Crippen LogP contribution in [0, 0.1) is 6.92 Å². The van der Waals surface area contributed by atoms with Crippen LogP contribution >= 0.6 is 0 Å². The SMILES string of the molecule is Cc1nc2ccccn2c(=O)c1NC(=O)[C@H](C)Oc1ccc2c(c1)OCO2. The molecule has 2 aromatic heterocycles. The summed E-state index contributed by atoms with van der Waals surface area (Å²) in [6, 6.07) is 10.3. The van der Waals surface area contributed by atoms with E-state index in [0.717, 1.165) is 0 Å². The lowest BCUT2D eigenvalue weighted by Crippen LogP contribution is -2.33. The van der Waals surface area contributed by atoms with Crippen molar-refractivity contribution in [1.82, 2.24) is 9.38 Å². The molecule has 1 aromatic carbocycles.